The number of H-pyrrole nitrogens is 1. The van der Waals surface area contributed by atoms with E-state index in [1.807, 2.05) is 0 Å². The van der Waals surface area contributed by atoms with Crippen LogP contribution >= 0.6 is 0 Å². The highest BCUT2D eigenvalue weighted by Crippen LogP contribution is 2.17. The van der Waals surface area contributed by atoms with Crippen LogP contribution in [0.3, 0.4) is 0 Å². The van der Waals surface area contributed by atoms with Gasteiger partial charge in [-0.25, -0.2) is 0 Å². The Labute approximate surface area is 158 Å². The lowest BCUT2D eigenvalue weighted by Crippen LogP contribution is -1.96. The van der Waals surface area contributed by atoms with Crippen LogP contribution in [0.2, 0.25) is 0 Å². The second-order valence-corrected chi connectivity index (χ2v) is 8.45. The van der Waals surface area contributed by atoms with Crippen molar-refractivity contribution in [3.63, 3.8) is 0 Å². The zero-order chi connectivity index (χ0) is 18.2. The fourth-order valence-electron chi connectivity index (χ4n) is 3.80. The van der Waals surface area contributed by atoms with Crippen LogP contribution in [0.25, 0.3) is 0 Å². The van der Waals surface area contributed by atoms with Gasteiger partial charge in [0.2, 0.25) is 0 Å². The minimum absolute atomic E-state index is 0.755. The number of hydrogen-bond acceptors (Lipinski definition) is 0. The van der Waals surface area contributed by atoms with E-state index in [2.05, 4.69) is 38.1 Å². The average Bonchev–Trinajstić information content (AvgIpc) is 3.01. The number of aromatic amines is 1. The number of rotatable bonds is 17. The van der Waals surface area contributed by atoms with Crippen molar-refractivity contribution in [1.82, 2.24) is 4.98 Å². The molecule has 0 aromatic carbocycles. The summed E-state index contributed by atoms with van der Waals surface area (Å²) in [6.07, 6.45) is 27.1. The van der Waals surface area contributed by atoms with E-state index in [4.69, 9.17) is 0 Å². The van der Waals surface area contributed by atoms with Gasteiger partial charge in [0.25, 0.3) is 0 Å². The van der Waals surface area contributed by atoms with Crippen molar-refractivity contribution in [2.24, 2.45) is 5.92 Å². The molecule has 25 heavy (non-hydrogen) atoms. The lowest BCUT2D eigenvalue weighted by atomic mass is 9.98. The van der Waals surface area contributed by atoms with Crippen molar-refractivity contribution < 1.29 is 0 Å². The summed E-state index contributed by atoms with van der Waals surface area (Å²) in [5, 5.41) is 0. The smallest absolute Gasteiger partial charge is 0.00403 e. The van der Waals surface area contributed by atoms with Crippen molar-refractivity contribution in [3.05, 3.63) is 23.5 Å². The summed E-state index contributed by atoms with van der Waals surface area (Å²) < 4.78 is 0. The molecule has 0 bridgehead atoms. The van der Waals surface area contributed by atoms with E-state index in [1.54, 1.807) is 11.1 Å². The summed E-state index contributed by atoms with van der Waals surface area (Å²) in [7, 11) is 0. The van der Waals surface area contributed by atoms with Crippen LogP contribution in [-0.4, -0.2) is 4.98 Å². The van der Waals surface area contributed by atoms with Crippen LogP contribution in [0.5, 0.6) is 0 Å². The summed E-state index contributed by atoms with van der Waals surface area (Å²) in [6.45, 7) is 6.91. The number of aromatic nitrogens is 1. The van der Waals surface area contributed by atoms with Gasteiger partial charge in [-0.05, 0) is 36.3 Å². The Kier molecular flexibility index (Phi) is 13.9. The Bertz CT molecular complexity index is 391. The zero-order valence-corrected chi connectivity index (χ0v) is 17.5. The molecule has 0 fully saturated rings. The second kappa shape index (κ2) is 15.5. The first-order valence-electron chi connectivity index (χ1n) is 11.4. The largest absolute Gasteiger partial charge is 0.367 e. The minimum atomic E-state index is 0.755. The first kappa shape index (κ1) is 22.3. The first-order chi connectivity index (χ1) is 12.2. The van der Waals surface area contributed by atoms with Gasteiger partial charge in [-0.3, -0.25) is 0 Å². The highest BCUT2D eigenvalue weighted by atomic mass is 14.6. The molecule has 0 amide bonds. The molecule has 0 radical (unpaired) electrons. The number of unbranched alkanes of at least 4 members (excludes halogenated alkanes) is 13. The van der Waals surface area contributed by atoms with Gasteiger partial charge in [-0.2, -0.15) is 0 Å². The highest BCUT2D eigenvalue weighted by molar-refractivity contribution is 5.23. The number of hydrogen-bond donors (Lipinski definition) is 1. The number of nitrogens with one attached hydrogen (secondary N) is 1. The summed E-state index contributed by atoms with van der Waals surface area (Å²) in [5.41, 5.74) is 3.11. The molecule has 0 unspecified atom stereocenters. The number of aryl methyl sites for hydroxylation is 1. The van der Waals surface area contributed by atoms with Gasteiger partial charge < -0.3 is 4.98 Å². The standard InChI is InChI=1S/C24H45N/c1-4-5-6-7-8-9-10-11-12-13-14-15-16-17-18-23-20-25-21-24(23)19-22(2)3/h20-22,25H,4-19H2,1-3H3. The maximum Gasteiger partial charge on any atom is 0.00403 e. The minimum Gasteiger partial charge on any atom is -0.367 e. The quantitative estimate of drug-likeness (QED) is 0.273. The van der Waals surface area contributed by atoms with E-state index in [1.165, 1.54) is 103 Å². The molecular weight excluding hydrogens is 302 g/mol. The van der Waals surface area contributed by atoms with Crippen molar-refractivity contribution in [2.75, 3.05) is 0 Å². The van der Waals surface area contributed by atoms with E-state index < -0.39 is 0 Å². The Balaban J connectivity index is 1.85. The van der Waals surface area contributed by atoms with E-state index in [0.717, 1.165) is 5.92 Å². The highest BCUT2D eigenvalue weighted by Gasteiger charge is 2.05. The fourth-order valence-corrected chi connectivity index (χ4v) is 3.80. The van der Waals surface area contributed by atoms with E-state index >= 15 is 0 Å². The van der Waals surface area contributed by atoms with Gasteiger partial charge in [-0.15, -0.1) is 0 Å². The molecule has 1 aromatic heterocycles. The molecule has 1 rings (SSSR count). The molecule has 1 heterocycles. The monoisotopic (exact) mass is 347 g/mol. The Hall–Kier alpha value is -0.720. The molecule has 0 atom stereocenters. The van der Waals surface area contributed by atoms with Gasteiger partial charge in [0.05, 0.1) is 0 Å². The fraction of sp³-hybridized carbons (Fsp3) is 0.833. The topological polar surface area (TPSA) is 15.8 Å². The molecule has 0 saturated heterocycles. The first-order valence-corrected chi connectivity index (χ1v) is 11.4. The van der Waals surface area contributed by atoms with Crippen LogP contribution in [0, 0.1) is 5.92 Å². The maximum atomic E-state index is 3.30. The molecule has 0 aliphatic heterocycles. The third kappa shape index (κ3) is 12.3. The average molecular weight is 348 g/mol. The van der Waals surface area contributed by atoms with Crippen LogP contribution in [0.4, 0.5) is 0 Å². The third-order valence-electron chi connectivity index (χ3n) is 5.36. The molecule has 1 aromatic rings. The van der Waals surface area contributed by atoms with E-state index in [0.29, 0.717) is 0 Å². The molecule has 0 aliphatic carbocycles. The van der Waals surface area contributed by atoms with E-state index in [9.17, 15) is 0 Å². The van der Waals surface area contributed by atoms with Gasteiger partial charge in [0.15, 0.2) is 0 Å². The summed E-state index contributed by atoms with van der Waals surface area (Å²) in [6, 6.07) is 0. The summed E-state index contributed by atoms with van der Waals surface area (Å²) in [5.74, 6) is 0.755. The van der Waals surface area contributed by atoms with Crippen molar-refractivity contribution >= 4 is 0 Å². The third-order valence-corrected chi connectivity index (χ3v) is 5.36. The van der Waals surface area contributed by atoms with Crippen LogP contribution < -0.4 is 0 Å². The van der Waals surface area contributed by atoms with Gasteiger partial charge >= 0.3 is 0 Å². The Morgan fingerprint density at radius 2 is 1.08 bits per heavy atom. The predicted octanol–water partition coefficient (Wildman–Crippen LogP) is 8.24. The van der Waals surface area contributed by atoms with E-state index in [-0.39, 0.29) is 0 Å². The molecule has 1 nitrogen and oxygen atoms in total. The maximum absolute atomic E-state index is 3.30. The van der Waals surface area contributed by atoms with Crippen molar-refractivity contribution in [3.8, 4) is 0 Å². The lowest BCUT2D eigenvalue weighted by molar-refractivity contribution is 0.535. The molecule has 0 saturated carbocycles. The molecule has 0 spiro atoms. The van der Waals surface area contributed by atoms with Crippen molar-refractivity contribution in [1.29, 1.82) is 0 Å². The Morgan fingerprint density at radius 3 is 1.56 bits per heavy atom. The van der Waals surface area contributed by atoms with Gasteiger partial charge in [0.1, 0.15) is 0 Å². The zero-order valence-electron chi connectivity index (χ0n) is 17.5. The Morgan fingerprint density at radius 1 is 0.640 bits per heavy atom. The normalized spacial score (nSPS) is 11.5. The molecule has 1 N–H and O–H groups in total. The van der Waals surface area contributed by atoms with Crippen LogP contribution in [-0.2, 0) is 12.8 Å². The van der Waals surface area contributed by atoms with Gasteiger partial charge in [0, 0.05) is 12.4 Å². The van der Waals surface area contributed by atoms with Crippen molar-refractivity contribution in [2.45, 2.75) is 124 Å². The molecular formula is C24H45N. The second-order valence-electron chi connectivity index (χ2n) is 8.45. The molecule has 1 heteroatoms. The summed E-state index contributed by atoms with van der Waals surface area (Å²) in [4.78, 5) is 3.30. The molecule has 0 aliphatic rings. The predicted molar refractivity (Wildman–Crippen MR) is 113 cm³/mol. The van der Waals surface area contributed by atoms with Crippen LogP contribution in [0.15, 0.2) is 12.4 Å². The van der Waals surface area contributed by atoms with Crippen LogP contribution in [0.1, 0.15) is 122 Å². The summed E-state index contributed by atoms with van der Waals surface area (Å²) >= 11 is 0. The van der Waals surface area contributed by atoms with Gasteiger partial charge in [-0.1, -0.05) is 104 Å². The lowest BCUT2D eigenvalue weighted by Gasteiger charge is -2.07. The molecule has 146 valence electrons. The SMILES string of the molecule is CCCCCCCCCCCCCCCCc1c[nH]cc1CC(C)C.